The lowest BCUT2D eigenvalue weighted by Crippen LogP contribution is -2.59. The van der Waals surface area contributed by atoms with Gasteiger partial charge in [0.2, 0.25) is 5.91 Å². The number of aromatic nitrogens is 3. The van der Waals surface area contributed by atoms with Crippen molar-refractivity contribution in [3.63, 3.8) is 0 Å². The lowest BCUT2D eigenvalue weighted by Gasteiger charge is -2.28. The summed E-state index contributed by atoms with van der Waals surface area (Å²) in [5.41, 5.74) is 0. The average Bonchev–Trinajstić information content (AvgIpc) is 2.83. The van der Waals surface area contributed by atoms with Gasteiger partial charge in [0.25, 0.3) is 0 Å². The van der Waals surface area contributed by atoms with Gasteiger partial charge >= 0.3 is 0 Å². The first-order chi connectivity index (χ1) is 8.25. The first kappa shape index (κ1) is 12.0. The first-order valence-electron chi connectivity index (χ1n) is 5.84. The van der Waals surface area contributed by atoms with Crippen molar-refractivity contribution < 1.29 is 4.79 Å². The third-order valence-corrected chi connectivity index (χ3v) is 2.77. The topological polar surface area (TPSA) is 83.9 Å². The maximum atomic E-state index is 11.8. The van der Waals surface area contributed by atoms with Crippen LogP contribution in [0, 0.1) is 0 Å². The van der Waals surface area contributed by atoms with Crippen LogP contribution in [0.3, 0.4) is 0 Å². The Hall–Kier alpha value is -1.47. The van der Waals surface area contributed by atoms with Crippen LogP contribution in [-0.4, -0.2) is 52.6 Å². The molecule has 2 rings (SSSR count). The second kappa shape index (κ2) is 5.74. The molecule has 0 spiro atoms. The summed E-state index contributed by atoms with van der Waals surface area (Å²) in [5, 5.41) is 16.9. The van der Waals surface area contributed by atoms with Crippen LogP contribution in [0.15, 0.2) is 12.4 Å². The third-order valence-electron chi connectivity index (χ3n) is 2.77. The average molecular weight is 238 g/mol. The predicted octanol–water partition coefficient (Wildman–Crippen LogP) is -1.66. The molecular formula is C10H18N6O. The zero-order chi connectivity index (χ0) is 12.1. The maximum Gasteiger partial charge on any atom is 0.238 e. The molecule has 3 N–H and O–H groups in total. The smallest absolute Gasteiger partial charge is 0.238 e. The van der Waals surface area contributed by atoms with E-state index >= 15 is 0 Å². The van der Waals surface area contributed by atoms with Gasteiger partial charge < -0.3 is 16.0 Å². The molecule has 17 heavy (non-hydrogen) atoms. The largest absolute Gasteiger partial charge is 0.353 e. The normalized spacial score (nSPS) is 24.5. The standard InChI is InChI=1S/C10H18N6O/c1-8-6-13-9(7-12-8)10(17)11-2-4-16-5-3-14-15-16/h3,5,8-9,12-13H,2,4,6-7H2,1H3,(H,11,17). The van der Waals surface area contributed by atoms with Gasteiger partial charge in [-0.2, -0.15) is 0 Å². The molecule has 1 aliphatic heterocycles. The van der Waals surface area contributed by atoms with Crippen molar-refractivity contribution in [3.05, 3.63) is 12.4 Å². The fraction of sp³-hybridized carbons (Fsp3) is 0.700. The molecule has 1 aliphatic rings. The van der Waals surface area contributed by atoms with Crippen molar-refractivity contribution in [2.24, 2.45) is 0 Å². The summed E-state index contributed by atoms with van der Waals surface area (Å²) in [7, 11) is 0. The van der Waals surface area contributed by atoms with Crippen LogP contribution in [0.1, 0.15) is 6.92 Å². The van der Waals surface area contributed by atoms with Gasteiger partial charge in [-0.05, 0) is 6.92 Å². The Morgan fingerprint density at radius 1 is 1.53 bits per heavy atom. The highest BCUT2D eigenvalue weighted by Gasteiger charge is 2.22. The van der Waals surface area contributed by atoms with E-state index in [9.17, 15) is 4.79 Å². The molecule has 1 fully saturated rings. The van der Waals surface area contributed by atoms with E-state index in [0.29, 0.717) is 25.7 Å². The molecule has 0 saturated carbocycles. The number of piperazine rings is 1. The summed E-state index contributed by atoms with van der Waals surface area (Å²) in [5.74, 6) is 0.0320. The Bertz CT molecular complexity index is 344. The van der Waals surface area contributed by atoms with E-state index in [1.165, 1.54) is 0 Å². The molecule has 2 atom stereocenters. The van der Waals surface area contributed by atoms with Gasteiger partial charge in [-0.1, -0.05) is 5.21 Å². The molecule has 2 heterocycles. The molecule has 0 bridgehead atoms. The Morgan fingerprint density at radius 2 is 2.41 bits per heavy atom. The Morgan fingerprint density at radius 3 is 3.06 bits per heavy atom. The van der Waals surface area contributed by atoms with Crippen molar-refractivity contribution in [2.75, 3.05) is 19.6 Å². The number of carbonyl (C=O) groups is 1. The van der Waals surface area contributed by atoms with Crippen LogP contribution in [0.25, 0.3) is 0 Å². The minimum absolute atomic E-state index is 0.0320. The van der Waals surface area contributed by atoms with Crippen LogP contribution in [0.2, 0.25) is 0 Å². The van der Waals surface area contributed by atoms with Crippen LogP contribution in [-0.2, 0) is 11.3 Å². The van der Waals surface area contributed by atoms with Crippen LogP contribution >= 0.6 is 0 Å². The van der Waals surface area contributed by atoms with E-state index in [-0.39, 0.29) is 11.9 Å². The number of amides is 1. The van der Waals surface area contributed by atoms with Gasteiger partial charge in [0.1, 0.15) is 0 Å². The number of hydrogen-bond acceptors (Lipinski definition) is 5. The van der Waals surface area contributed by atoms with Crippen LogP contribution in [0.5, 0.6) is 0 Å². The molecule has 7 nitrogen and oxygen atoms in total. The summed E-state index contributed by atoms with van der Waals surface area (Å²) < 4.78 is 1.69. The molecule has 94 valence electrons. The zero-order valence-electron chi connectivity index (χ0n) is 9.89. The number of nitrogens with zero attached hydrogens (tertiary/aromatic N) is 3. The number of rotatable bonds is 4. The second-order valence-corrected chi connectivity index (χ2v) is 4.23. The van der Waals surface area contributed by atoms with Crippen LogP contribution < -0.4 is 16.0 Å². The zero-order valence-corrected chi connectivity index (χ0v) is 9.89. The maximum absolute atomic E-state index is 11.8. The van der Waals surface area contributed by atoms with Gasteiger partial charge in [0, 0.05) is 31.9 Å². The van der Waals surface area contributed by atoms with E-state index in [2.05, 4.69) is 33.2 Å². The van der Waals surface area contributed by atoms with Crippen LogP contribution in [0.4, 0.5) is 0 Å². The van der Waals surface area contributed by atoms with Gasteiger partial charge in [0.05, 0.1) is 18.8 Å². The van der Waals surface area contributed by atoms with E-state index in [0.717, 1.165) is 6.54 Å². The highest BCUT2D eigenvalue weighted by molar-refractivity contribution is 5.82. The van der Waals surface area contributed by atoms with E-state index in [1.807, 2.05) is 0 Å². The molecule has 1 aromatic rings. The molecular weight excluding hydrogens is 220 g/mol. The molecule has 2 unspecified atom stereocenters. The van der Waals surface area contributed by atoms with Gasteiger partial charge in [-0.3, -0.25) is 9.48 Å². The minimum Gasteiger partial charge on any atom is -0.353 e. The van der Waals surface area contributed by atoms with Crippen molar-refractivity contribution >= 4 is 5.91 Å². The highest BCUT2D eigenvalue weighted by Crippen LogP contribution is 1.92. The number of nitrogens with one attached hydrogen (secondary N) is 3. The third kappa shape index (κ3) is 3.50. The fourth-order valence-corrected chi connectivity index (χ4v) is 1.74. The van der Waals surface area contributed by atoms with Gasteiger partial charge in [-0.15, -0.1) is 5.10 Å². The van der Waals surface area contributed by atoms with Crippen molar-refractivity contribution in [2.45, 2.75) is 25.6 Å². The second-order valence-electron chi connectivity index (χ2n) is 4.23. The minimum atomic E-state index is -0.137. The SMILES string of the molecule is CC1CNC(C(=O)NCCn2ccnn2)CN1. The highest BCUT2D eigenvalue weighted by atomic mass is 16.2. The Kier molecular flexibility index (Phi) is 4.05. The Balaban J connectivity index is 1.67. The van der Waals surface area contributed by atoms with Crippen molar-refractivity contribution in [1.82, 2.24) is 30.9 Å². The summed E-state index contributed by atoms with van der Waals surface area (Å²) in [6.07, 6.45) is 3.39. The van der Waals surface area contributed by atoms with Crippen molar-refractivity contribution in [3.8, 4) is 0 Å². The Labute approximate surface area is 100.0 Å². The quantitative estimate of drug-likeness (QED) is 0.585. The molecule has 1 saturated heterocycles. The van der Waals surface area contributed by atoms with Gasteiger partial charge in [0.15, 0.2) is 0 Å². The van der Waals surface area contributed by atoms with Gasteiger partial charge in [-0.25, -0.2) is 0 Å². The van der Waals surface area contributed by atoms with E-state index in [1.54, 1.807) is 17.1 Å². The molecule has 1 amide bonds. The molecule has 7 heteroatoms. The number of hydrogen-bond donors (Lipinski definition) is 3. The molecule has 0 aliphatic carbocycles. The van der Waals surface area contributed by atoms with E-state index in [4.69, 9.17) is 0 Å². The monoisotopic (exact) mass is 238 g/mol. The lowest BCUT2D eigenvalue weighted by molar-refractivity contribution is -0.123. The molecule has 0 aromatic carbocycles. The molecule has 1 aromatic heterocycles. The van der Waals surface area contributed by atoms with E-state index < -0.39 is 0 Å². The summed E-state index contributed by atoms with van der Waals surface area (Å²) in [6, 6.07) is 0.288. The number of carbonyl (C=O) groups excluding carboxylic acids is 1. The fourth-order valence-electron chi connectivity index (χ4n) is 1.74. The predicted molar refractivity (Wildman–Crippen MR) is 62.3 cm³/mol. The lowest BCUT2D eigenvalue weighted by atomic mass is 10.1. The summed E-state index contributed by atoms with van der Waals surface area (Å²) in [6.45, 7) is 4.79. The summed E-state index contributed by atoms with van der Waals surface area (Å²) in [4.78, 5) is 11.8. The molecule has 0 radical (unpaired) electrons. The summed E-state index contributed by atoms with van der Waals surface area (Å²) >= 11 is 0. The first-order valence-corrected chi connectivity index (χ1v) is 5.84. The van der Waals surface area contributed by atoms with Crippen molar-refractivity contribution in [1.29, 1.82) is 0 Å².